The van der Waals surface area contributed by atoms with Crippen LogP contribution in [-0.4, -0.2) is 63.6 Å². The number of hydrogen-bond acceptors (Lipinski definition) is 6. The fraction of sp³-hybridized carbons (Fsp3) is 0.520. The lowest BCUT2D eigenvalue weighted by atomic mass is 9.76. The maximum absolute atomic E-state index is 13.1. The number of primary amides is 1. The van der Waals surface area contributed by atoms with E-state index in [9.17, 15) is 14.7 Å². The van der Waals surface area contributed by atoms with E-state index in [0.29, 0.717) is 42.3 Å². The fourth-order valence-corrected chi connectivity index (χ4v) is 5.09. The molecule has 2 amide bonds. The molecule has 2 aromatic rings. The van der Waals surface area contributed by atoms with Crippen molar-refractivity contribution in [2.45, 2.75) is 44.8 Å². The van der Waals surface area contributed by atoms with E-state index in [0.717, 1.165) is 12.1 Å². The summed E-state index contributed by atoms with van der Waals surface area (Å²) < 4.78 is 1.78. The van der Waals surface area contributed by atoms with Crippen molar-refractivity contribution >= 4 is 41.1 Å². The molecule has 3 atom stereocenters. The van der Waals surface area contributed by atoms with Gasteiger partial charge in [-0.25, -0.2) is 0 Å². The van der Waals surface area contributed by atoms with E-state index in [-0.39, 0.29) is 29.7 Å². The van der Waals surface area contributed by atoms with Crippen molar-refractivity contribution < 1.29 is 14.7 Å². The number of anilines is 2. The van der Waals surface area contributed by atoms with E-state index >= 15 is 0 Å². The number of amides is 2. The van der Waals surface area contributed by atoms with Gasteiger partial charge in [0, 0.05) is 61.0 Å². The molecule has 2 aliphatic rings. The van der Waals surface area contributed by atoms with E-state index < -0.39 is 11.5 Å². The molecule has 0 unspecified atom stereocenters. The third kappa shape index (κ3) is 5.51. The second-order valence-electron chi connectivity index (χ2n) is 10.1. The molecule has 4 rings (SSSR count). The van der Waals surface area contributed by atoms with Crippen LogP contribution in [0.3, 0.4) is 0 Å². The predicted octanol–water partition coefficient (Wildman–Crippen LogP) is 3.27. The molecule has 2 heterocycles. The van der Waals surface area contributed by atoms with Crippen LogP contribution in [0, 0.1) is 17.8 Å². The maximum atomic E-state index is 13.1. The molecular weight excluding hydrogens is 468 g/mol. The first-order chi connectivity index (χ1) is 16.6. The Morgan fingerprint density at radius 1 is 1.26 bits per heavy atom. The van der Waals surface area contributed by atoms with Crippen LogP contribution in [0.15, 0.2) is 35.5 Å². The van der Waals surface area contributed by atoms with Gasteiger partial charge in [-0.05, 0) is 57.4 Å². The fourth-order valence-electron chi connectivity index (χ4n) is 4.96. The van der Waals surface area contributed by atoms with Crippen LogP contribution < -0.4 is 11.1 Å². The van der Waals surface area contributed by atoms with Crippen LogP contribution in [0.2, 0.25) is 5.02 Å². The zero-order chi connectivity index (χ0) is 25.3. The van der Waals surface area contributed by atoms with Crippen molar-refractivity contribution in [1.82, 2.24) is 14.7 Å². The average Bonchev–Trinajstić information content (AvgIpc) is 3.17. The van der Waals surface area contributed by atoms with E-state index in [1.54, 1.807) is 56.0 Å². The number of likely N-dealkylation sites (tertiary alicyclic amines) is 1. The number of aromatic nitrogens is 2. The second kappa shape index (κ2) is 9.99. The van der Waals surface area contributed by atoms with Gasteiger partial charge in [0.2, 0.25) is 5.91 Å². The molecule has 2 fully saturated rings. The van der Waals surface area contributed by atoms with Crippen molar-refractivity contribution in [3.05, 3.63) is 41.0 Å². The average molecular weight is 501 g/mol. The number of nitrogens with one attached hydrogen (secondary N) is 1. The van der Waals surface area contributed by atoms with Crippen LogP contribution >= 0.6 is 11.6 Å². The molecule has 1 aliphatic heterocycles. The Hall–Kier alpha value is -2.91. The highest BCUT2D eigenvalue weighted by Gasteiger charge is 2.43. The number of aliphatic imine (C=N–C) groups is 1. The molecule has 9 nitrogen and oxygen atoms in total. The SMILES string of the molecule is CN=C[C@H]1C[C@@H](C(=O)N2CC(C(C)(C)O)C2)CC[C@@H]1n1cc(C(N)=O)c(Nc2ccc(Cl)cc2)n1. The molecular formula is C25H33ClN6O3. The number of aliphatic hydroxyl groups is 1. The van der Waals surface area contributed by atoms with Crippen molar-refractivity contribution in [3.8, 4) is 0 Å². The zero-order valence-electron chi connectivity index (χ0n) is 20.3. The lowest BCUT2D eigenvalue weighted by Gasteiger charge is -2.47. The van der Waals surface area contributed by atoms with Crippen molar-refractivity contribution in [2.75, 3.05) is 25.5 Å². The molecule has 0 radical (unpaired) electrons. The Morgan fingerprint density at radius 2 is 1.94 bits per heavy atom. The van der Waals surface area contributed by atoms with Crippen LogP contribution in [0.1, 0.15) is 49.5 Å². The lowest BCUT2D eigenvalue weighted by Crippen LogP contribution is -2.59. The van der Waals surface area contributed by atoms with Crippen molar-refractivity contribution in [1.29, 1.82) is 0 Å². The summed E-state index contributed by atoms with van der Waals surface area (Å²) in [5.41, 5.74) is 5.90. The first-order valence-corrected chi connectivity index (χ1v) is 12.3. The Balaban J connectivity index is 1.49. The summed E-state index contributed by atoms with van der Waals surface area (Å²) in [4.78, 5) is 31.4. The molecule has 1 aromatic carbocycles. The highest BCUT2D eigenvalue weighted by molar-refractivity contribution is 6.30. The van der Waals surface area contributed by atoms with E-state index in [1.165, 1.54) is 0 Å². The summed E-state index contributed by atoms with van der Waals surface area (Å²) in [5.74, 6) is -0.0618. The van der Waals surface area contributed by atoms with Gasteiger partial charge < -0.3 is 26.0 Å². The van der Waals surface area contributed by atoms with Crippen LogP contribution in [0.4, 0.5) is 11.5 Å². The summed E-state index contributed by atoms with van der Waals surface area (Å²) in [5, 5.41) is 18.6. The number of benzene rings is 1. The molecule has 35 heavy (non-hydrogen) atoms. The number of hydrogen-bond donors (Lipinski definition) is 3. The smallest absolute Gasteiger partial charge is 0.254 e. The summed E-state index contributed by atoms with van der Waals surface area (Å²) in [6.07, 6.45) is 5.63. The van der Waals surface area contributed by atoms with Crippen LogP contribution in [-0.2, 0) is 4.79 Å². The van der Waals surface area contributed by atoms with E-state index in [4.69, 9.17) is 17.3 Å². The Labute approximate surface area is 210 Å². The summed E-state index contributed by atoms with van der Waals surface area (Å²) in [6, 6.07) is 7.04. The first-order valence-electron chi connectivity index (χ1n) is 11.9. The first kappa shape index (κ1) is 25.2. The lowest BCUT2D eigenvalue weighted by molar-refractivity contribution is -0.150. The molecule has 188 valence electrons. The van der Waals surface area contributed by atoms with Gasteiger partial charge in [0.15, 0.2) is 5.82 Å². The quantitative estimate of drug-likeness (QED) is 0.503. The maximum Gasteiger partial charge on any atom is 0.254 e. The minimum atomic E-state index is -0.776. The van der Waals surface area contributed by atoms with Crippen LogP contribution in [0.5, 0.6) is 0 Å². The highest BCUT2D eigenvalue weighted by Crippen LogP contribution is 2.39. The van der Waals surface area contributed by atoms with Gasteiger partial charge in [-0.3, -0.25) is 14.3 Å². The number of nitrogens with two attached hydrogens (primary N) is 1. The van der Waals surface area contributed by atoms with Gasteiger partial charge in [-0.1, -0.05) is 11.6 Å². The van der Waals surface area contributed by atoms with Gasteiger partial charge in [0.25, 0.3) is 5.91 Å². The molecule has 1 saturated carbocycles. The summed E-state index contributed by atoms with van der Waals surface area (Å²) in [6.45, 7) is 4.77. The van der Waals surface area contributed by atoms with E-state index in [2.05, 4.69) is 15.4 Å². The topological polar surface area (TPSA) is 126 Å². The number of nitrogens with zero attached hydrogens (tertiary/aromatic N) is 4. The minimum absolute atomic E-state index is 0.0157. The summed E-state index contributed by atoms with van der Waals surface area (Å²) >= 11 is 5.97. The van der Waals surface area contributed by atoms with Gasteiger partial charge in [-0.2, -0.15) is 5.10 Å². The number of halogens is 1. The van der Waals surface area contributed by atoms with Gasteiger partial charge in [0.1, 0.15) is 5.56 Å². The summed E-state index contributed by atoms with van der Waals surface area (Å²) in [7, 11) is 1.72. The number of carbonyl (C=O) groups excluding carboxylic acids is 2. The third-order valence-electron chi connectivity index (χ3n) is 7.19. The van der Waals surface area contributed by atoms with Crippen molar-refractivity contribution in [3.63, 3.8) is 0 Å². The number of carbonyl (C=O) groups is 2. The Kier molecular flexibility index (Phi) is 7.19. The van der Waals surface area contributed by atoms with Gasteiger partial charge >= 0.3 is 0 Å². The normalized spacial score (nSPS) is 23.3. The Morgan fingerprint density at radius 3 is 2.54 bits per heavy atom. The molecule has 1 saturated heterocycles. The molecule has 4 N–H and O–H groups in total. The molecule has 10 heteroatoms. The monoisotopic (exact) mass is 500 g/mol. The van der Waals surface area contributed by atoms with Crippen LogP contribution in [0.25, 0.3) is 0 Å². The molecule has 0 bridgehead atoms. The molecule has 1 aromatic heterocycles. The largest absolute Gasteiger partial charge is 0.390 e. The minimum Gasteiger partial charge on any atom is -0.390 e. The molecule has 1 aliphatic carbocycles. The second-order valence-corrected chi connectivity index (χ2v) is 10.5. The third-order valence-corrected chi connectivity index (χ3v) is 7.44. The van der Waals surface area contributed by atoms with E-state index in [1.807, 2.05) is 11.1 Å². The predicted molar refractivity (Wildman–Crippen MR) is 136 cm³/mol. The highest BCUT2D eigenvalue weighted by atomic mass is 35.5. The standard InChI is InChI=1S/C25H33ClN6O3/c1-25(2,35)17-12-31(13-17)24(34)15-4-9-21(16(10-15)11-28-3)32-14-20(22(27)33)23(30-32)29-19-7-5-18(26)6-8-19/h5-8,11,14-17,21,35H,4,9-10,12-13H2,1-3H3,(H2,27,33)(H,29,30)/t15-,16+,21-/m0/s1. The van der Waals surface area contributed by atoms with Gasteiger partial charge in [0.05, 0.1) is 11.6 Å². The zero-order valence-corrected chi connectivity index (χ0v) is 21.1. The Bertz CT molecular complexity index is 1100. The molecule has 0 spiro atoms. The number of rotatable bonds is 7. The van der Waals surface area contributed by atoms with Gasteiger partial charge in [-0.15, -0.1) is 0 Å². The van der Waals surface area contributed by atoms with Crippen molar-refractivity contribution in [2.24, 2.45) is 28.5 Å².